The average Bonchev–Trinajstić information content (AvgIpc) is 2.85. The summed E-state index contributed by atoms with van der Waals surface area (Å²) < 4.78 is 4.55. The fourth-order valence-corrected chi connectivity index (χ4v) is 2.64. The van der Waals surface area contributed by atoms with Crippen molar-refractivity contribution in [3.63, 3.8) is 0 Å². The maximum absolute atomic E-state index is 12.0. The number of ether oxygens (including phenoxy) is 1. The van der Waals surface area contributed by atoms with Gasteiger partial charge in [0.05, 0.1) is 13.3 Å². The molecule has 1 aromatic heterocycles. The topological polar surface area (TPSA) is 68.3 Å². The van der Waals surface area contributed by atoms with Crippen molar-refractivity contribution in [1.29, 1.82) is 0 Å². The number of benzene rings is 1. The summed E-state index contributed by atoms with van der Waals surface area (Å²) in [5.74, 6) is -0.922. The number of nitrogens with zero attached hydrogens (tertiary/aromatic N) is 1. The number of rotatable bonds is 3. The van der Waals surface area contributed by atoms with E-state index in [4.69, 9.17) is 23.2 Å². The van der Waals surface area contributed by atoms with Crippen molar-refractivity contribution in [2.24, 2.45) is 0 Å². The molecule has 1 heterocycles. The highest BCUT2D eigenvalue weighted by atomic mass is 35.5. The summed E-state index contributed by atoms with van der Waals surface area (Å²) in [7, 11) is 1.27. The summed E-state index contributed by atoms with van der Waals surface area (Å²) in [6.07, 6.45) is 1.33. The molecule has 0 bridgehead atoms. The monoisotopic (exact) mass is 330 g/mol. The molecule has 0 unspecified atom stereocenters. The van der Waals surface area contributed by atoms with Crippen molar-refractivity contribution in [2.75, 3.05) is 12.4 Å². The number of methoxy groups -OCH3 is 1. The fraction of sp³-hybridized carbons (Fsp3) is 0.0833. The molecule has 5 nitrogen and oxygen atoms in total. The van der Waals surface area contributed by atoms with Crippen LogP contribution in [-0.4, -0.2) is 24.0 Å². The first-order valence-corrected chi connectivity index (χ1v) is 6.88. The van der Waals surface area contributed by atoms with E-state index in [1.807, 2.05) is 0 Å². The molecule has 0 saturated carbocycles. The lowest BCUT2D eigenvalue weighted by Gasteiger charge is -2.03. The van der Waals surface area contributed by atoms with Crippen molar-refractivity contribution in [3.05, 3.63) is 44.9 Å². The second-order valence-electron chi connectivity index (χ2n) is 3.63. The Labute approximate surface area is 128 Å². The molecular formula is C12H8Cl2N2O3S. The summed E-state index contributed by atoms with van der Waals surface area (Å²) in [5.41, 5.74) is 0.303. The molecule has 0 fully saturated rings. The number of thiazole rings is 1. The minimum absolute atomic E-state index is 0.284. The van der Waals surface area contributed by atoms with Crippen molar-refractivity contribution in [2.45, 2.75) is 0 Å². The highest BCUT2D eigenvalue weighted by Crippen LogP contribution is 2.22. The third-order valence-electron chi connectivity index (χ3n) is 2.24. The predicted molar refractivity (Wildman–Crippen MR) is 77.9 cm³/mol. The first-order chi connectivity index (χ1) is 9.49. The predicted octanol–water partition coefficient (Wildman–Crippen LogP) is 3.49. The van der Waals surface area contributed by atoms with Gasteiger partial charge in [-0.25, -0.2) is 9.78 Å². The van der Waals surface area contributed by atoms with Crippen LogP contribution in [-0.2, 0) is 4.74 Å². The lowest BCUT2D eigenvalue weighted by atomic mass is 10.2. The molecular weight excluding hydrogens is 323 g/mol. The van der Waals surface area contributed by atoms with Crippen LogP contribution in [0.3, 0.4) is 0 Å². The molecule has 0 aliphatic rings. The lowest BCUT2D eigenvalue weighted by Crippen LogP contribution is -2.11. The van der Waals surface area contributed by atoms with Crippen LogP contribution in [0.4, 0.5) is 5.13 Å². The molecule has 0 saturated heterocycles. The number of halogens is 2. The lowest BCUT2D eigenvalue weighted by molar-refractivity contribution is 0.0606. The number of anilines is 1. The fourth-order valence-electron chi connectivity index (χ4n) is 1.38. The molecule has 1 amide bonds. The number of esters is 1. The summed E-state index contributed by atoms with van der Waals surface area (Å²) >= 11 is 12.7. The Balaban J connectivity index is 2.15. The molecule has 0 radical (unpaired) electrons. The third kappa shape index (κ3) is 3.47. The van der Waals surface area contributed by atoms with E-state index < -0.39 is 11.9 Å². The van der Waals surface area contributed by atoms with E-state index in [9.17, 15) is 9.59 Å². The van der Waals surface area contributed by atoms with E-state index in [1.165, 1.54) is 31.5 Å². The Morgan fingerprint density at radius 3 is 2.50 bits per heavy atom. The van der Waals surface area contributed by atoms with Gasteiger partial charge in [0.25, 0.3) is 5.91 Å². The van der Waals surface area contributed by atoms with Crippen molar-refractivity contribution in [1.82, 2.24) is 4.98 Å². The van der Waals surface area contributed by atoms with Gasteiger partial charge in [-0.2, -0.15) is 0 Å². The Bertz CT molecular complexity index is 652. The quantitative estimate of drug-likeness (QED) is 0.874. The zero-order chi connectivity index (χ0) is 14.7. The molecule has 20 heavy (non-hydrogen) atoms. The van der Waals surface area contributed by atoms with Crippen LogP contribution < -0.4 is 5.32 Å². The highest BCUT2D eigenvalue weighted by molar-refractivity contribution is 7.17. The standard InChI is InChI=1S/C12H8Cl2N2O3S/c1-19-11(18)9-5-15-12(20-9)16-10(17)6-2-7(13)4-8(14)3-6/h2-5H,1H3,(H,15,16,17). The first kappa shape index (κ1) is 14.8. The molecule has 104 valence electrons. The first-order valence-electron chi connectivity index (χ1n) is 5.31. The Morgan fingerprint density at radius 1 is 1.25 bits per heavy atom. The van der Waals surface area contributed by atoms with E-state index in [-0.39, 0.29) is 5.13 Å². The van der Waals surface area contributed by atoms with E-state index in [0.717, 1.165) is 11.3 Å². The summed E-state index contributed by atoms with van der Waals surface area (Å²) in [4.78, 5) is 27.5. The second kappa shape index (κ2) is 6.21. The van der Waals surface area contributed by atoms with Crippen molar-refractivity contribution < 1.29 is 14.3 Å². The number of hydrogen-bond acceptors (Lipinski definition) is 5. The molecule has 1 N–H and O–H groups in total. The van der Waals surface area contributed by atoms with Crippen LogP contribution in [0.15, 0.2) is 24.4 Å². The molecule has 0 aliphatic heterocycles. The summed E-state index contributed by atoms with van der Waals surface area (Å²) in [6, 6.07) is 4.49. The van der Waals surface area contributed by atoms with Crippen LogP contribution in [0, 0.1) is 0 Å². The zero-order valence-corrected chi connectivity index (χ0v) is 12.5. The summed E-state index contributed by atoms with van der Waals surface area (Å²) in [6.45, 7) is 0. The highest BCUT2D eigenvalue weighted by Gasteiger charge is 2.14. The molecule has 0 atom stereocenters. The Morgan fingerprint density at radius 2 is 1.90 bits per heavy atom. The number of hydrogen-bond donors (Lipinski definition) is 1. The molecule has 2 rings (SSSR count). The normalized spacial score (nSPS) is 10.2. The zero-order valence-electron chi connectivity index (χ0n) is 10.1. The molecule has 2 aromatic rings. The van der Waals surface area contributed by atoms with E-state index in [1.54, 1.807) is 0 Å². The number of amides is 1. The van der Waals surface area contributed by atoms with Gasteiger partial charge in [-0.3, -0.25) is 10.1 Å². The van der Waals surface area contributed by atoms with Crippen LogP contribution in [0.2, 0.25) is 10.0 Å². The minimum Gasteiger partial charge on any atom is -0.465 e. The van der Waals surface area contributed by atoms with Gasteiger partial charge < -0.3 is 4.74 Å². The van der Waals surface area contributed by atoms with Gasteiger partial charge in [0.15, 0.2) is 5.13 Å². The van der Waals surface area contributed by atoms with Gasteiger partial charge in [0, 0.05) is 15.6 Å². The van der Waals surface area contributed by atoms with Gasteiger partial charge in [-0.15, -0.1) is 0 Å². The molecule has 0 spiro atoms. The van der Waals surface area contributed by atoms with Gasteiger partial charge in [0.2, 0.25) is 0 Å². The van der Waals surface area contributed by atoms with E-state index in [2.05, 4.69) is 15.0 Å². The number of carbonyl (C=O) groups is 2. The van der Waals surface area contributed by atoms with Gasteiger partial charge in [-0.05, 0) is 18.2 Å². The number of carbonyl (C=O) groups excluding carboxylic acids is 2. The second-order valence-corrected chi connectivity index (χ2v) is 5.54. The van der Waals surface area contributed by atoms with Gasteiger partial charge in [-0.1, -0.05) is 34.5 Å². The Hall–Kier alpha value is -1.63. The van der Waals surface area contributed by atoms with Crippen molar-refractivity contribution in [3.8, 4) is 0 Å². The third-order valence-corrected chi connectivity index (χ3v) is 3.57. The summed E-state index contributed by atoms with van der Waals surface area (Å²) in [5, 5.41) is 3.56. The van der Waals surface area contributed by atoms with Crippen LogP contribution in [0.25, 0.3) is 0 Å². The maximum Gasteiger partial charge on any atom is 0.349 e. The largest absolute Gasteiger partial charge is 0.465 e. The van der Waals surface area contributed by atoms with E-state index in [0.29, 0.717) is 20.5 Å². The van der Waals surface area contributed by atoms with Crippen molar-refractivity contribution >= 4 is 51.5 Å². The maximum atomic E-state index is 12.0. The number of nitrogens with one attached hydrogen (secondary N) is 1. The molecule has 0 aliphatic carbocycles. The van der Waals surface area contributed by atoms with Gasteiger partial charge in [0.1, 0.15) is 4.88 Å². The number of aromatic nitrogens is 1. The molecule has 1 aromatic carbocycles. The van der Waals surface area contributed by atoms with Crippen LogP contribution in [0.1, 0.15) is 20.0 Å². The smallest absolute Gasteiger partial charge is 0.349 e. The van der Waals surface area contributed by atoms with Gasteiger partial charge >= 0.3 is 5.97 Å². The van der Waals surface area contributed by atoms with Crippen LogP contribution in [0.5, 0.6) is 0 Å². The Kier molecular flexibility index (Phi) is 4.59. The van der Waals surface area contributed by atoms with Crippen LogP contribution >= 0.6 is 34.5 Å². The SMILES string of the molecule is COC(=O)c1cnc(NC(=O)c2cc(Cl)cc(Cl)c2)s1. The average molecular weight is 331 g/mol. The molecule has 8 heteroatoms. The minimum atomic E-state index is -0.506. The van der Waals surface area contributed by atoms with E-state index >= 15 is 0 Å².